The van der Waals surface area contributed by atoms with Gasteiger partial charge in [-0.1, -0.05) is 13.3 Å². The van der Waals surface area contributed by atoms with Crippen LogP contribution in [0, 0.1) is 11.6 Å². The highest BCUT2D eigenvalue weighted by Crippen LogP contribution is 2.26. The molecule has 0 fully saturated rings. The standard InChI is InChI=1S/C26H39F2N5O2/c1-5-7-23(31-20-9-8-18-12-19(27)13-22(28)21(18)14-20)25(34)32-24-15-33(17-30-24)26(3,4)16-29-10-11-35-6-2/h12-13,15,17,20,23,29,31H,5-11,14,16H2,1-4H3,(H,32,34)/t20?,23-/m0/s1. The average molecular weight is 492 g/mol. The van der Waals surface area contributed by atoms with Gasteiger partial charge in [0, 0.05) is 38.0 Å². The van der Waals surface area contributed by atoms with E-state index < -0.39 is 17.7 Å². The van der Waals surface area contributed by atoms with E-state index in [-0.39, 0.29) is 17.5 Å². The van der Waals surface area contributed by atoms with Crippen molar-refractivity contribution in [1.82, 2.24) is 20.2 Å². The molecule has 3 N–H and O–H groups in total. The van der Waals surface area contributed by atoms with Crippen molar-refractivity contribution in [1.29, 1.82) is 0 Å². The van der Waals surface area contributed by atoms with Crippen LogP contribution >= 0.6 is 0 Å². The lowest BCUT2D eigenvalue weighted by molar-refractivity contribution is -0.118. The van der Waals surface area contributed by atoms with Crippen LogP contribution in [0.15, 0.2) is 24.7 Å². The first-order valence-corrected chi connectivity index (χ1v) is 12.6. The van der Waals surface area contributed by atoms with Gasteiger partial charge in [0.25, 0.3) is 0 Å². The molecular weight excluding hydrogens is 452 g/mol. The highest BCUT2D eigenvalue weighted by molar-refractivity contribution is 5.94. The maximum Gasteiger partial charge on any atom is 0.242 e. The molecule has 0 bridgehead atoms. The summed E-state index contributed by atoms with van der Waals surface area (Å²) in [6.07, 6.45) is 6.78. The minimum absolute atomic E-state index is 0.0518. The van der Waals surface area contributed by atoms with Crippen molar-refractivity contribution in [3.05, 3.63) is 47.4 Å². The van der Waals surface area contributed by atoms with Crippen molar-refractivity contribution in [2.45, 2.75) is 77.4 Å². The fraction of sp³-hybridized carbons (Fsp3) is 0.615. The number of halogens is 2. The number of nitrogens with one attached hydrogen (secondary N) is 3. The van der Waals surface area contributed by atoms with E-state index in [1.807, 2.05) is 24.6 Å². The van der Waals surface area contributed by atoms with Crippen molar-refractivity contribution in [3.63, 3.8) is 0 Å². The minimum Gasteiger partial charge on any atom is -0.380 e. The number of aryl methyl sites for hydroxylation is 1. The first kappa shape index (κ1) is 27.2. The smallest absolute Gasteiger partial charge is 0.242 e. The van der Waals surface area contributed by atoms with Gasteiger partial charge in [0.1, 0.15) is 11.6 Å². The predicted octanol–water partition coefficient (Wildman–Crippen LogP) is 3.78. The molecule has 194 valence electrons. The van der Waals surface area contributed by atoms with Crippen LogP contribution < -0.4 is 16.0 Å². The van der Waals surface area contributed by atoms with Gasteiger partial charge in [-0.3, -0.25) is 4.79 Å². The SMILES string of the molecule is CCC[C@H](NC1CCc2cc(F)cc(F)c2C1)C(=O)Nc1cn(C(C)(C)CNCCOCC)cn1. The van der Waals surface area contributed by atoms with E-state index in [1.54, 1.807) is 6.33 Å². The summed E-state index contributed by atoms with van der Waals surface area (Å²) >= 11 is 0. The number of anilines is 1. The third kappa shape index (κ3) is 7.56. The fourth-order valence-electron chi connectivity index (χ4n) is 4.50. The van der Waals surface area contributed by atoms with Gasteiger partial charge in [-0.2, -0.15) is 0 Å². The Morgan fingerprint density at radius 3 is 2.86 bits per heavy atom. The molecule has 2 atom stereocenters. The quantitative estimate of drug-likeness (QED) is 0.372. The second kappa shape index (κ2) is 12.6. The molecule has 1 unspecified atom stereocenters. The Labute approximate surface area is 207 Å². The molecule has 0 spiro atoms. The average Bonchev–Trinajstić information content (AvgIpc) is 3.28. The lowest BCUT2D eigenvalue weighted by atomic mass is 9.87. The molecule has 0 saturated carbocycles. The molecule has 7 nitrogen and oxygen atoms in total. The number of hydrogen-bond donors (Lipinski definition) is 3. The molecular formula is C26H39F2N5O2. The van der Waals surface area contributed by atoms with Crippen LogP contribution in [0.25, 0.3) is 0 Å². The van der Waals surface area contributed by atoms with Crippen LogP contribution in [0.5, 0.6) is 0 Å². The Hall–Kier alpha value is -2.36. The highest BCUT2D eigenvalue weighted by Gasteiger charge is 2.27. The van der Waals surface area contributed by atoms with Gasteiger partial charge in [-0.15, -0.1) is 0 Å². The van der Waals surface area contributed by atoms with Crippen molar-refractivity contribution in [2.75, 3.05) is 31.6 Å². The summed E-state index contributed by atoms with van der Waals surface area (Å²) in [6.45, 7) is 11.1. The van der Waals surface area contributed by atoms with E-state index in [4.69, 9.17) is 4.74 Å². The molecule has 1 aliphatic carbocycles. The van der Waals surface area contributed by atoms with Crippen molar-refractivity contribution < 1.29 is 18.3 Å². The second-order valence-corrected chi connectivity index (χ2v) is 9.81. The number of ether oxygens (including phenoxy) is 1. The van der Waals surface area contributed by atoms with Crippen LogP contribution in [0.1, 0.15) is 58.1 Å². The summed E-state index contributed by atoms with van der Waals surface area (Å²) in [7, 11) is 0. The number of carbonyl (C=O) groups is 1. The van der Waals surface area contributed by atoms with E-state index >= 15 is 0 Å². The van der Waals surface area contributed by atoms with Gasteiger partial charge in [-0.25, -0.2) is 13.8 Å². The monoisotopic (exact) mass is 491 g/mol. The molecule has 1 heterocycles. The van der Waals surface area contributed by atoms with Crippen molar-refractivity contribution in [2.24, 2.45) is 0 Å². The van der Waals surface area contributed by atoms with Crippen LogP contribution in [-0.4, -0.2) is 53.8 Å². The first-order chi connectivity index (χ1) is 16.7. The fourth-order valence-corrected chi connectivity index (χ4v) is 4.50. The zero-order valence-corrected chi connectivity index (χ0v) is 21.3. The van der Waals surface area contributed by atoms with Gasteiger partial charge in [0.15, 0.2) is 5.82 Å². The molecule has 1 aliphatic rings. The Morgan fingerprint density at radius 2 is 2.11 bits per heavy atom. The number of carbonyl (C=O) groups excluding carboxylic acids is 1. The molecule has 2 aromatic rings. The Morgan fingerprint density at radius 1 is 1.31 bits per heavy atom. The zero-order valence-electron chi connectivity index (χ0n) is 21.3. The van der Waals surface area contributed by atoms with Gasteiger partial charge < -0.3 is 25.3 Å². The number of amides is 1. The molecule has 35 heavy (non-hydrogen) atoms. The number of hydrogen-bond acceptors (Lipinski definition) is 5. The predicted molar refractivity (Wildman–Crippen MR) is 134 cm³/mol. The van der Waals surface area contributed by atoms with Crippen molar-refractivity contribution >= 4 is 11.7 Å². The van der Waals surface area contributed by atoms with Gasteiger partial charge >= 0.3 is 0 Å². The Kier molecular flexibility index (Phi) is 9.77. The van der Waals surface area contributed by atoms with Crippen molar-refractivity contribution in [3.8, 4) is 0 Å². The summed E-state index contributed by atoms with van der Waals surface area (Å²) in [5, 5.41) is 9.73. The lowest BCUT2D eigenvalue weighted by Gasteiger charge is -2.29. The third-order valence-electron chi connectivity index (χ3n) is 6.51. The largest absolute Gasteiger partial charge is 0.380 e. The maximum absolute atomic E-state index is 14.3. The zero-order chi connectivity index (χ0) is 25.4. The summed E-state index contributed by atoms with van der Waals surface area (Å²) in [5.41, 5.74) is 1.03. The third-order valence-corrected chi connectivity index (χ3v) is 6.51. The van der Waals surface area contributed by atoms with E-state index in [9.17, 15) is 13.6 Å². The molecule has 0 radical (unpaired) electrons. The van der Waals surface area contributed by atoms with E-state index in [1.165, 1.54) is 6.07 Å². The Bertz CT molecular complexity index is 979. The van der Waals surface area contributed by atoms with Gasteiger partial charge in [0.05, 0.1) is 24.5 Å². The van der Waals surface area contributed by atoms with Gasteiger partial charge in [0.2, 0.25) is 5.91 Å². The number of imidazole rings is 1. The number of aromatic nitrogens is 2. The Balaban J connectivity index is 1.58. The molecule has 0 saturated heterocycles. The van der Waals surface area contributed by atoms with Crippen LogP contribution in [0.4, 0.5) is 14.6 Å². The normalized spacial score (nSPS) is 16.7. The molecule has 1 aromatic carbocycles. The molecule has 0 aliphatic heterocycles. The number of benzene rings is 1. The number of nitrogens with zero attached hydrogens (tertiary/aromatic N) is 2. The summed E-state index contributed by atoms with van der Waals surface area (Å²) in [5.74, 6) is -0.714. The van der Waals surface area contributed by atoms with E-state index in [0.717, 1.165) is 37.6 Å². The van der Waals surface area contributed by atoms with Crippen LogP contribution in [0.3, 0.4) is 0 Å². The van der Waals surface area contributed by atoms with Gasteiger partial charge in [-0.05, 0) is 63.6 Å². The summed E-state index contributed by atoms with van der Waals surface area (Å²) in [6, 6.07) is 1.87. The maximum atomic E-state index is 14.3. The molecule has 3 rings (SSSR count). The van der Waals surface area contributed by atoms with E-state index in [0.29, 0.717) is 43.9 Å². The highest BCUT2D eigenvalue weighted by atomic mass is 19.1. The lowest BCUT2D eigenvalue weighted by Crippen LogP contribution is -2.48. The minimum atomic E-state index is -0.542. The summed E-state index contributed by atoms with van der Waals surface area (Å²) in [4.78, 5) is 17.5. The molecule has 1 aromatic heterocycles. The van der Waals surface area contributed by atoms with Crippen LogP contribution in [-0.2, 0) is 27.9 Å². The topological polar surface area (TPSA) is 80.2 Å². The number of fused-ring (bicyclic) bond motifs is 1. The number of rotatable bonds is 13. The molecule has 1 amide bonds. The molecule has 9 heteroatoms. The summed E-state index contributed by atoms with van der Waals surface area (Å²) < 4.78 is 35.2. The first-order valence-electron chi connectivity index (χ1n) is 12.6. The van der Waals surface area contributed by atoms with Crippen LogP contribution in [0.2, 0.25) is 0 Å². The van der Waals surface area contributed by atoms with E-state index in [2.05, 4.69) is 34.8 Å². The second-order valence-electron chi connectivity index (χ2n) is 9.81.